The van der Waals surface area contributed by atoms with Crippen LogP contribution in [0.3, 0.4) is 0 Å². The van der Waals surface area contributed by atoms with E-state index in [-0.39, 0.29) is 6.54 Å². The molecular weight excluding hydrogens is 294 g/mol. The van der Waals surface area contributed by atoms with Gasteiger partial charge in [-0.15, -0.1) is 6.42 Å². The molecule has 114 valence electrons. The van der Waals surface area contributed by atoms with E-state index in [0.717, 1.165) is 12.0 Å². The molecule has 1 aromatic carbocycles. The van der Waals surface area contributed by atoms with E-state index in [9.17, 15) is 8.42 Å². The molecule has 4 heteroatoms. The highest BCUT2D eigenvalue weighted by Gasteiger charge is 2.32. The molecule has 1 aromatic rings. The van der Waals surface area contributed by atoms with Crippen LogP contribution < -0.4 is 0 Å². The van der Waals surface area contributed by atoms with E-state index >= 15 is 0 Å². The highest BCUT2D eigenvalue weighted by atomic mass is 32.2. The minimum atomic E-state index is -3.56. The van der Waals surface area contributed by atoms with Crippen LogP contribution in [0.15, 0.2) is 53.0 Å². The molecule has 0 aromatic heterocycles. The van der Waals surface area contributed by atoms with Crippen molar-refractivity contribution in [1.82, 2.24) is 4.31 Å². The first-order valence-electron chi connectivity index (χ1n) is 7.40. The number of benzene rings is 1. The summed E-state index contributed by atoms with van der Waals surface area (Å²) in [5.74, 6) is 3.32. The maximum absolute atomic E-state index is 12.8. The SMILES string of the molecule is C#CCN(CC1=C[C@H]2C=C[C@@H]1C2)S(=O)(=O)c1ccc(C)cc1. The summed E-state index contributed by atoms with van der Waals surface area (Å²) in [4.78, 5) is 0.299. The molecule has 0 N–H and O–H groups in total. The van der Waals surface area contributed by atoms with Crippen molar-refractivity contribution in [3.8, 4) is 12.3 Å². The maximum Gasteiger partial charge on any atom is 0.244 e. The van der Waals surface area contributed by atoms with Gasteiger partial charge < -0.3 is 0 Å². The third-order valence-corrected chi connectivity index (χ3v) is 6.11. The molecule has 2 bridgehead atoms. The van der Waals surface area contributed by atoms with E-state index in [0.29, 0.717) is 23.3 Å². The molecule has 2 atom stereocenters. The summed E-state index contributed by atoms with van der Waals surface area (Å²) in [6.45, 7) is 2.41. The molecule has 3 nitrogen and oxygen atoms in total. The molecule has 0 fully saturated rings. The van der Waals surface area contributed by atoms with Gasteiger partial charge in [-0.3, -0.25) is 0 Å². The smallest absolute Gasteiger partial charge is 0.207 e. The molecule has 2 aliphatic rings. The summed E-state index contributed by atoms with van der Waals surface area (Å²) in [5.41, 5.74) is 2.20. The number of nitrogens with zero attached hydrogens (tertiary/aromatic N) is 1. The number of sulfonamides is 1. The summed E-state index contributed by atoms with van der Waals surface area (Å²) >= 11 is 0. The van der Waals surface area contributed by atoms with Crippen molar-refractivity contribution >= 4 is 10.0 Å². The van der Waals surface area contributed by atoms with Gasteiger partial charge >= 0.3 is 0 Å². The number of allylic oxidation sites excluding steroid dienone is 3. The summed E-state index contributed by atoms with van der Waals surface area (Å²) in [6, 6.07) is 6.90. The zero-order valence-corrected chi connectivity index (χ0v) is 13.4. The van der Waals surface area contributed by atoms with Crippen LogP contribution >= 0.6 is 0 Å². The van der Waals surface area contributed by atoms with Gasteiger partial charge in [-0.25, -0.2) is 8.42 Å². The quantitative estimate of drug-likeness (QED) is 0.619. The van der Waals surface area contributed by atoms with Crippen LogP contribution in [0.5, 0.6) is 0 Å². The van der Waals surface area contributed by atoms with E-state index in [2.05, 4.69) is 24.1 Å². The van der Waals surface area contributed by atoms with Crippen molar-refractivity contribution < 1.29 is 8.42 Å². The predicted octanol–water partition coefficient (Wildman–Crippen LogP) is 2.75. The van der Waals surface area contributed by atoms with Crippen LogP contribution in [0.25, 0.3) is 0 Å². The number of fused-ring (bicyclic) bond motifs is 2. The van der Waals surface area contributed by atoms with Gasteiger partial charge in [0.2, 0.25) is 10.0 Å². The Kier molecular flexibility index (Phi) is 3.94. The first-order chi connectivity index (χ1) is 10.5. The Morgan fingerprint density at radius 3 is 2.55 bits per heavy atom. The Bertz CT molecular complexity index is 766. The molecule has 2 aliphatic carbocycles. The van der Waals surface area contributed by atoms with E-state index < -0.39 is 10.0 Å². The van der Waals surface area contributed by atoms with Gasteiger partial charge in [0.1, 0.15) is 0 Å². The van der Waals surface area contributed by atoms with Crippen LogP contribution in [-0.2, 0) is 10.0 Å². The highest BCUT2D eigenvalue weighted by molar-refractivity contribution is 7.89. The van der Waals surface area contributed by atoms with Gasteiger partial charge in [-0.1, -0.05) is 47.4 Å². The molecule has 0 saturated carbocycles. The number of terminal acetylenes is 1. The first-order valence-corrected chi connectivity index (χ1v) is 8.84. The van der Waals surface area contributed by atoms with Crippen molar-refractivity contribution in [2.45, 2.75) is 18.2 Å². The first kappa shape index (κ1) is 15.1. The molecule has 0 amide bonds. The second-order valence-electron chi connectivity index (χ2n) is 5.92. The van der Waals surface area contributed by atoms with Crippen molar-refractivity contribution in [1.29, 1.82) is 0 Å². The van der Waals surface area contributed by atoms with Crippen molar-refractivity contribution in [2.24, 2.45) is 11.8 Å². The zero-order valence-electron chi connectivity index (χ0n) is 12.6. The summed E-state index contributed by atoms with van der Waals surface area (Å²) < 4.78 is 27.0. The van der Waals surface area contributed by atoms with E-state index in [1.807, 2.05) is 6.92 Å². The van der Waals surface area contributed by atoms with Gasteiger partial charge in [0.25, 0.3) is 0 Å². The Morgan fingerprint density at radius 1 is 1.27 bits per heavy atom. The average Bonchev–Trinajstić information content (AvgIpc) is 3.10. The number of rotatable bonds is 5. The minimum absolute atomic E-state index is 0.0919. The molecule has 0 spiro atoms. The Balaban J connectivity index is 1.86. The van der Waals surface area contributed by atoms with Gasteiger partial charge in [0.15, 0.2) is 0 Å². The van der Waals surface area contributed by atoms with Gasteiger partial charge in [0.05, 0.1) is 11.4 Å². The Labute approximate surface area is 132 Å². The standard InChI is InChI=1S/C18H19NO2S/c1-3-10-19(13-17-12-15-6-7-16(17)11-15)22(20,21)18-8-4-14(2)5-9-18/h1,4-9,12,15-16H,10-11,13H2,2H3/t15-,16+/m0/s1. The lowest BCUT2D eigenvalue weighted by Gasteiger charge is -2.22. The van der Waals surface area contributed by atoms with Crippen molar-refractivity contribution in [3.05, 3.63) is 53.6 Å². The molecule has 0 radical (unpaired) electrons. The summed E-state index contributed by atoms with van der Waals surface area (Å²) in [6.07, 6.45) is 13.0. The average molecular weight is 313 g/mol. The van der Waals surface area contributed by atoms with Crippen molar-refractivity contribution in [2.75, 3.05) is 13.1 Å². The number of hydrogen-bond acceptors (Lipinski definition) is 2. The third-order valence-electron chi connectivity index (χ3n) is 4.31. The number of aryl methyl sites for hydroxylation is 1. The van der Waals surface area contributed by atoms with Crippen LogP contribution in [0.2, 0.25) is 0 Å². The normalized spacial score (nSPS) is 22.9. The van der Waals surface area contributed by atoms with Gasteiger partial charge in [-0.2, -0.15) is 4.31 Å². The lowest BCUT2D eigenvalue weighted by atomic mass is 10.0. The fraction of sp³-hybridized carbons (Fsp3) is 0.333. The van der Waals surface area contributed by atoms with Crippen LogP contribution in [-0.4, -0.2) is 25.8 Å². The second kappa shape index (κ2) is 5.75. The van der Waals surface area contributed by atoms with E-state index in [1.54, 1.807) is 24.3 Å². The maximum atomic E-state index is 12.8. The van der Waals surface area contributed by atoms with Gasteiger partial charge in [-0.05, 0) is 37.3 Å². The Morgan fingerprint density at radius 2 is 2.00 bits per heavy atom. The molecule has 0 unspecified atom stereocenters. The fourth-order valence-electron chi connectivity index (χ4n) is 3.08. The molecule has 0 saturated heterocycles. The van der Waals surface area contributed by atoms with Crippen LogP contribution in [0.4, 0.5) is 0 Å². The zero-order chi connectivity index (χ0) is 15.7. The predicted molar refractivity (Wildman–Crippen MR) is 87.6 cm³/mol. The fourth-order valence-corrected chi connectivity index (χ4v) is 4.43. The Hall–Kier alpha value is -1.83. The topological polar surface area (TPSA) is 37.4 Å². The monoisotopic (exact) mass is 313 g/mol. The largest absolute Gasteiger partial charge is 0.244 e. The van der Waals surface area contributed by atoms with Gasteiger partial charge in [0, 0.05) is 6.54 Å². The second-order valence-corrected chi connectivity index (χ2v) is 7.86. The highest BCUT2D eigenvalue weighted by Crippen LogP contribution is 2.38. The molecular formula is C18H19NO2S. The van der Waals surface area contributed by atoms with Crippen LogP contribution in [0.1, 0.15) is 12.0 Å². The summed E-state index contributed by atoms with van der Waals surface area (Å²) in [5, 5.41) is 0. The van der Waals surface area contributed by atoms with Crippen LogP contribution in [0, 0.1) is 31.1 Å². The van der Waals surface area contributed by atoms with Crippen molar-refractivity contribution in [3.63, 3.8) is 0 Å². The third kappa shape index (κ3) is 2.75. The minimum Gasteiger partial charge on any atom is -0.207 e. The lowest BCUT2D eigenvalue weighted by molar-refractivity contribution is 0.462. The van der Waals surface area contributed by atoms with E-state index in [4.69, 9.17) is 6.42 Å². The lowest BCUT2D eigenvalue weighted by Crippen LogP contribution is -2.34. The van der Waals surface area contributed by atoms with E-state index in [1.165, 1.54) is 9.88 Å². The molecule has 3 rings (SSSR count). The summed E-state index contributed by atoms with van der Waals surface area (Å²) in [7, 11) is -3.56. The molecule has 0 aliphatic heterocycles. The molecule has 0 heterocycles. The number of hydrogen-bond donors (Lipinski definition) is 0. The molecule has 22 heavy (non-hydrogen) atoms.